The Kier molecular flexibility index (Phi) is 4.93. The number of nitrogens with zero attached hydrogens (tertiary/aromatic N) is 3. The first-order chi connectivity index (χ1) is 11.6. The lowest BCUT2D eigenvalue weighted by molar-refractivity contribution is -0.0401. The first-order valence-electron chi connectivity index (χ1n) is 8.52. The largest absolute Gasteiger partial charge is 0.474 e. The number of hydrogen-bond acceptors (Lipinski definition) is 6. The van der Waals surface area contributed by atoms with E-state index in [1.165, 1.54) is 12.8 Å². The van der Waals surface area contributed by atoms with Crippen molar-refractivity contribution in [2.24, 2.45) is 0 Å². The van der Waals surface area contributed by atoms with Gasteiger partial charge in [-0.15, -0.1) is 0 Å². The molecule has 3 rings (SSSR count). The quantitative estimate of drug-likeness (QED) is 0.772. The Balaban J connectivity index is 2.06. The molecule has 3 heterocycles. The van der Waals surface area contributed by atoms with Crippen molar-refractivity contribution in [2.75, 3.05) is 38.3 Å². The Morgan fingerprint density at radius 3 is 2.67 bits per heavy atom. The number of hydrogen-bond donors (Lipinski definition) is 0. The van der Waals surface area contributed by atoms with Crippen molar-refractivity contribution in [3.63, 3.8) is 0 Å². The molecule has 0 spiro atoms. The van der Waals surface area contributed by atoms with Crippen molar-refractivity contribution < 1.29 is 14.2 Å². The van der Waals surface area contributed by atoms with E-state index in [1.807, 2.05) is 0 Å². The highest BCUT2D eigenvalue weighted by molar-refractivity contribution is 5.61. The zero-order valence-electron chi connectivity index (χ0n) is 14.7. The Morgan fingerprint density at radius 1 is 1.25 bits per heavy atom. The van der Waals surface area contributed by atoms with Gasteiger partial charge in [-0.25, -0.2) is 0 Å². The lowest BCUT2D eigenvalue weighted by Gasteiger charge is -2.35. The molecule has 0 amide bonds. The molecule has 1 fully saturated rings. The third kappa shape index (κ3) is 3.33. The van der Waals surface area contributed by atoms with E-state index in [4.69, 9.17) is 19.2 Å². The molecule has 0 aromatic carbocycles. The standard InChI is InChI=1S/C18H25N3O3/c1-18(2)10-13-14(11-19)17(23-9-8-22-3)20-16(15(13)12-24-18)21-6-4-5-7-21/h4-10,12H2,1-3H3. The van der Waals surface area contributed by atoms with Crippen LogP contribution >= 0.6 is 0 Å². The minimum Gasteiger partial charge on any atom is -0.474 e. The molecule has 1 aromatic rings. The van der Waals surface area contributed by atoms with E-state index >= 15 is 0 Å². The number of aromatic nitrogens is 1. The van der Waals surface area contributed by atoms with E-state index in [1.54, 1.807) is 7.11 Å². The molecule has 6 nitrogen and oxygen atoms in total. The molecule has 24 heavy (non-hydrogen) atoms. The van der Waals surface area contributed by atoms with Gasteiger partial charge < -0.3 is 19.1 Å². The number of methoxy groups -OCH3 is 1. The van der Waals surface area contributed by atoms with Crippen molar-refractivity contribution in [1.29, 1.82) is 5.26 Å². The van der Waals surface area contributed by atoms with Gasteiger partial charge in [-0.3, -0.25) is 0 Å². The number of rotatable bonds is 5. The molecular weight excluding hydrogens is 306 g/mol. The van der Waals surface area contributed by atoms with Crippen molar-refractivity contribution in [1.82, 2.24) is 4.98 Å². The highest BCUT2D eigenvalue weighted by Crippen LogP contribution is 2.39. The molecule has 1 saturated heterocycles. The number of nitriles is 1. The zero-order valence-corrected chi connectivity index (χ0v) is 14.7. The molecule has 0 radical (unpaired) electrons. The highest BCUT2D eigenvalue weighted by Gasteiger charge is 2.34. The van der Waals surface area contributed by atoms with E-state index < -0.39 is 0 Å². The summed E-state index contributed by atoms with van der Waals surface area (Å²) in [7, 11) is 1.63. The second kappa shape index (κ2) is 6.96. The molecule has 6 heteroatoms. The predicted molar refractivity (Wildman–Crippen MR) is 90.3 cm³/mol. The molecule has 0 atom stereocenters. The van der Waals surface area contributed by atoms with Crippen LogP contribution in [0, 0.1) is 11.3 Å². The fraction of sp³-hybridized carbons (Fsp3) is 0.667. The summed E-state index contributed by atoms with van der Waals surface area (Å²) < 4.78 is 16.8. The van der Waals surface area contributed by atoms with Gasteiger partial charge in [0, 0.05) is 32.2 Å². The monoisotopic (exact) mass is 331 g/mol. The molecule has 2 aliphatic heterocycles. The van der Waals surface area contributed by atoms with Gasteiger partial charge in [0.25, 0.3) is 0 Å². The van der Waals surface area contributed by atoms with Crippen LogP contribution in [0.2, 0.25) is 0 Å². The number of anilines is 1. The molecule has 0 saturated carbocycles. The van der Waals surface area contributed by atoms with Crippen LogP contribution in [0.1, 0.15) is 43.4 Å². The van der Waals surface area contributed by atoms with E-state index in [-0.39, 0.29) is 5.60 Å². The van der Waals surface area contributed by atoms with Crippen molar-refractivity contribution >= 4 is 5.82 Å². The van der Waals surface area contributed by atoms with E-state index in [0.29, 0.717) is 37.7 Å². The minimum atomic E-state index is -0.286. The zero-order chi connectivity index (χ0) is 17.2. The summed E-state index contributed by atoms with van der Waals surface area (Å²) in [6, 6.07) is 2.30. The number of pyridine rings is 1. The maximum Gasteiger partial charge on any atom is 0.234 e. The van der Waals surface area contributed by atoms with Gasteiger partial charge in [0.05, 0.1) is 18.8 Å². The highest BCUT2D eigenvalue weighted by atomic mass is 16.5. The molecule has 2 aliphatic rings. The predicted octanol–water partition coefficient (Wildman–Crippen LogP) is 2.43. The molecule has 0 aliphatic carbocycles. The van der Waals surface area contributed by atoms with Crippen LogP contribution in [0.5, 0.6) is 5.88 Å². The average molecular weight is 331 g/mol. The number of fused-ring (bicyclic) bond motifs is 1. The Hall–Kier alpha value is -1.84. The van der Waals surface area contributed by atoms with Crippen molar-refractivity contribution in [3.8, 4) is 11.9 Å². The van der Waals surface area contributed by atoms with Gasteiger partial charge in [-0.2, -0.15) is 10.2 Å². The van der Waals surface area contributed by atoms with Crippen LogP contribution in [0.15, 0.2) is 0 Å². The molecule has 0 N–H and O–H groups in total. The summed E-state index contributed by atoms with van der Waals surface area (Å²) in [4.78, 5) is 6.99. The van der Waals surface area contributed by atoms with Crippen LogP contribution in [-0.2, 0) is 22.5 Å². The smallest absolute Gasteiger partial charge is 0.234 e. The molecule has 1 aromatic heterocycles. The third-order valence-electron chi connectivity index (χ3n) is 4.61. The maximum absolute atomic E-state index is 9.70. The third-order valence-corrected chi connectivity index (χ3v) is 4.61. The lowest BCUT2D eigenvalue weighted by Crippen LogP contribution is -2.34. The van der Waals surface area contributed by atoms with Gasteiger partial charge in [0.1, 0.15) is 24.1 Å². The van der Waals surface area contributed by atoms with Gasteiger partial charge >= 0.3 is 0 Å². The van der Waals surface area contributed by atoms with Crippen LogP contribution < -0.4 is 9.64 Å². The first kappa shape index (κ1) is 17.0. The van der Waals surface area contributed by atoms with Gasteiger partial charge in [0.15, 0.2) is 0 Å². The van der Waals surface area contributed by atoms with E-state index in [2.05, 4.69) is 24.8 Å². The van der Waals surface area contributed by atoms with Gasteiger partial charge in [-0.05, 0) is 32.3 Å². The van der Waals surface area contributed by atoms with Crippen LogP contribution in [0.4, 0.5) is 5.82 Å². The summed E-state index contributed by atoms with van der Waals surface area (Å²) in [6.07, 6.45) is 3.03. The van der Waals surface area contributed by atoms with E-state index in [0.717, 1.165) is 30.0 Å². The molecule has 130 valence electrons. The summed E-state index contributed by atoms with van der Waals surface area (Å²) in [5.41, 5.74) is 2.33. The van der Waals surface area contributed by atoms with E-state index in [9.17, 15) is 5.26 Å². The second-order valence-electron chi connectivity index (χ2n) is 6.95. The normalized spacial score (nSPS) is 19.0. The maximum atomic E-state index is 9.70. The van der Waals surface area contributed by atoms with Crippen molar-refractivity contribution in [2.45, 2.75) is 45.3 Å². The molecular formula is C18H25N3O3. The van der Waals surface area contributed by atoms with Crippen LogP contribution in [0.25, 0.3) is 0 Å². The van der Waals surface area contributed by atoms with Crippen LogP contribution in [-0.4, -0.2) is 44.0 Å². The summed E-state index contributed by atoms with van der Waals surface area (Å²) in [6.45, 7) is 7.44. The van der Waals surface area contributed by atoms with Gasteiger partial charge in [-0.1, -0.05) is 0 Å². The second-order valence-corrected chi connectivity index (χ2v) is 6.95. The summed E-state index contributed by atoms with van der Waals surface area (Å²) in [5.74, 6) is 1.34. The SMILES string of the molecule is COCCOc1nc(N2CCCC2)c2c(c1C#N)CC(C)(C)OC2. The van der Waals surface area contributed by atoms with Gasteiger partial charge in [0.2, 0.25) is 5.88 Å². The fourth-order valence-corrected chi connectivity index (χ4v) is 3.36. The molecule has 0 unspecified atom stereocenters. The molecule has 0 bridgehead atoms. The Labute approximate surface area is 143 Å². The Bertz CT molecular complexity index is 646. The first-order valence-corrected chi connectivity index (χ1v) is 8.52. The summed E-state index contributed by atoms with van der Waals surface area (Å²) in [5, 5.41) is 9.70. The van der Waals surface area contributed by atoms with Crippen LogP contribution in [0.3, 0.4) is 0 Å². The minimum absolute atomic E-state index is 0.286. The topological polar surface area (TPSA) is 67.6 Å². The number of ether oxygens (including phenoxy) is 3. The summed E-state index contributed by atoms with van der Waals surface area (Å²) >= 11 is 0. The average Bonchev–Trinajstić information content (AvgIpc) is 3.07. The van der Waals surface area contributed by atoms with Crippen molar-refractivity contribution in [3.05, 3.63) is 16.7 Å². The Morgan fingerprint density at radius 2 is 2.00 bits per heavy atom. The lowest BCUT2D eigenvalue weighted by atomic mass is 9.89. The fourth-order valence-electron chi connectivity index (χ4n) is 3.36.